The van der Waals surface area contributed by atoms with Crippen LogP contribution in [0.1, 0.15) is 76.8 Å². The first-order valence-corrected chi connectivity index (χ1v) is 14.6. The number of carbonyl (C=O) groups excluding carboxylic acids is 1. The van der Waals surface area contributed by atoms with E-state index in [2.05, 4.69) is 50.4 Å². The number of fused-ring (bicyclic) bond motifs is 3. The van der Waals surface area contributed by atoms with E-state index in [1.54, 1.807) is 0 Å². The lowest BCUT2D eigenvalue weighted by atomic mass is 9.73. The number of carbonyl (C=O) groups is 1. The molecule has 2 aromatic carbocycles. The van der Waals surface area contributed by atoms with E-state index in [0.717, 1.165) is 54.4 Å². The minimum Gasteiger partial charge on any atom is -0.355 e. The molecular formula is C28H40NO4P. The minimum absolute atomic E-state index is 0.0142. The second kappa shape index (κ2) is 12.7. The van der Waals surface area contributed by atoms with E-state index in [1.165, 1.54) is 0 Å². The summed E-state index contributed by atoms with van der Waals surface area (Å²) in [5, 5.41) is 3.16. The average molecular weight is 486 g/mol. The number of unbranched alkanes of at least 4 members (excludes halogenated alkanes) is 2. The van der Waals surface area contributed by atoms with Crippen LogP contribution in [0.2, 0.25) is 0 Å². The predicted octanol–water partition coefficient (Wildman–Crippen LogP) is 7.09. The minimum atomic E-state index is -3.22. The predicted molar refractivity (Wildman–Crippen MR) is 139 cm³/mol. The second-order valence-electron chi connectivity index (χ2n) is 9.06. The van der Waals surface area contributed by atoms with Crippen LogP contribution in [-0.2, 0) is 23.8 Å². The summed E-state index contributed by atoms with van der Waals surface area (Å²) in [6, 6.07) is 16.4. The van der Waals surface area contributed by atoms with Gasteiger partial charge in [-0.3, -0.25) is 9.36 Å². The van der Waals surface area contributed by atoms with Crippen molar-refractivity contribution in [2.75, 3.05) is 25.9 Å². The van der Waals surface area contributed by atoms with Crippen LogP contribution in [0.5, 0.6) is 0 Å². The second-order valence-corrected chi connectivity index (χ2v) is 11.2. The number of rotatable bonds is 15. The van der Waals surface area contributed by atoms with E-state index < -0.39 is 13.0 Å². The fraction of sp³-hybridized carbons (Fsp3) is 0.536. The van der Waals surface area contributed by atoms with Gasteiger partial charge in [0.2, 0.25) is 5.91 Å². The molecule has 3 rings (SSSR count). The van der Waals surface area contributed by atoms with E-state index in [9.17, 15) is 9.36 Å². The van der Waals surface area contributed by atoms with E-state index in [0.29, 0.717) is 38.8 Å². The van der Waals surface area contributed by atoms with Crippen molar-refractivity contribution < 1.29 is 18.4 Å². The summed E-state index contributed by atoms with van der Waals surface area (Å²) >= 11 is 0. The van der Waals surface area contributed by atoms with Gasteiger partial charge in [0.15, 0.2) is 0 Å². The van der Waals surface area contributed by atoms with Crippen molar-refractivity contribution in [3.63, 3.8) is 0 Å². The number of nitrogens with one attached hydrogen (secondary N) is 1. The summed E-state index contributed by atoms with van der Waals surface area (Å²) in [6.45, 7) is 7.73. The Hall–Kier alpha value is -1.94. The molecule has 2 aromatic rings. The highest BCUT2D eigenvalue weighted by Crippen LogP contribution is 2.54. The normalized spacial score (nSPS) is 14.0. The molecule has 0 unspecified atom stereocenters. The summed E-state index contributed by atoms with van der Waals surface area (Å²) in [5.41, 5.74) is 3.45. The molecule has 0 fully saturated rings. The summed E-state index contributed by atoms with van der Waals surface area (Å²) in [7, 11) is -3.22. The van der Waals surface area contributed by atoms with Crippen LogP contribution in [0.25, 0.3) is 11.1 Å². The van der Waals surface area contributed by atoms with Crippen molar-refractivity contribution in [1.82, 2.24) is 5.32 Å². The van der Waals surface area contributed by atoms with Gasteiger partial charge in [-0.05, 0) is 54.4 Å². The molecule has 0 heterocycles. The van der Waals surface area contributed by atoms with Gasteiger partial charge in [0, 0.05) is 6.54 Å². The molecule has 0 aliphatic heterocycles. The van der Waals surface area contributed by atoms with Crippen LogP contribution < -0.4 is 5.32 Å². The first kappa shape index (κ1) is 26.7. The maximum absolute atomic E-state index is 13.8. The number of benzene rings is 2. The Labute approximate surface area is 205 Å². The molecule has 6 heteroatoms. The molecule has 1 N–H and O–H groups in total. The van der Waals surface area contributed by atoms with E-state index >= 15 is 0 Å². The zero-order valence-corrected chi connectivity index (χ0v) is 21.9. The fourth-order valence-corrected chi connectivity index (χ4v) is 6.44. The first-order valence-electron chi connectivity index (χ1n) is 12.9. The third kappa shape index (κ3) is 5.82. The maximum Gasteiger partial charge on any atom is 0.330 e. The van der Waals surface area contributed by atoms with Gasteiger partial charge in [0.05, 0.1) is 19.4 Å². The van der Waals surface area contributed by atoms with Gasteiger partial charge in [-0.25, -0.2) is 0 Å². The smallest absolute Gasteiger partial charge is 0.330 e. The van der Waals surface area contributed by atoms with E-state index in [1.807, 2.05) is 24.3 Å². The highest BCUT2D eigenvalue weighted by atomic mass is 31.2. The summed E-state index contributed by atoms with van der Waals surface area (Å²) < 4.78 is 25.2. The summed E-state index contributed by atoms with van der Waals surface area (Å²) in [4.78, 5) is 13.8. The van der Waals surface area contributed by atoms with E-state index in [4.69, 9.17) is 9.05 Å². The van der Waals surface area contributed by atoms with Gasteiger partial charge in [0.1, 0.15) is 5.41 Å². The van der Waals surface area contributed by atoms with Gasteiger partial charge in [-0.15, -0.1) is 0 Å². The number of hydrogen-bond acceptors (Lipinski definition) is 4. The maximum atomic E-state index is 13.8. The Bertz CT molecular complexity index is 930. The fourth-order valence-electron chi connectivity index (χ4n) is 4.74. The highest BCUT2D eigenvalue weighted by Gasteiger charge is 2.48. The van der Waals surface area contributed by atoms with E-state index in [-0.39, 0.29) is 5.91 Å². The molecule has 0 radical (unpaired) electrons. The van der Waals surface area contributed by atoms with Crippen LogP contribution in [-0.4, -0.2) is 31.8 Å². The zero-order valence-electron chi connectivity index (χ0n) is 21.0. The molecule has 1 aliphatic carbocycles. The van der Waals surface area contributed by atoms with Gasteiger partial charge in [-0.2, -0.15) is 0 Å². The Morgan fingerprint density at radius 1 is 0.824 bits per heavy atom. The van der Waals surface area contributed by atoms with Crippen LogP contribution in [0.4, 0.5) is 0 Å². The highest BCUT2D eigenvalue weighted by molar-refractivity contribution is 7.53. The molecule has 186 valence electrons. The Morgan fingerprint density at radius 2 is 1.35 bits per heavy atom. The molecule has 0 bridgehead atoms. The molecule has 0 atom stereocenters. The SMILES string of the molecule is CCCCOP(=O)(CCCC1(C(=O)NCCC)c2ccccc2-c2ccccc21)OCCCC. The van der Waals surface area contributed by atoms with Crippen molar-refractivity contribution in [3.05, 3.63) is 59.7 Å². The molecule has 1 amide bonds. The molecule has 1 aliphatic rings. The number of amides is 1. The van der Waals surface area contributed by atoms with Crippen LogP contribution >= 0.6 is 7.60 Å². The average Bonchev–Trinajstić information content (AvgIpc) is 3.14. The van der Waals surface area contributed by atoms with Crippen LogP contribution in [0.15, 0.2) is 48.5 Å². The molecular weight excluding hydrogens is 445 g/mol. The Kier molecular flexibility index (Phi) is 9.94. The molecule has 0 saturated heterocycles. The van der Waals surface area contributed by atoms with Crippen LogP contribution in [0, 0.1) is 0 Å². The topological polar surface area (TPSA) is 64.6 Å². The largest absolute Gasteiger partial charge is 0.355 e. The molecule has 5 nitrogen and oxygen atoms in total. The third-order valence-electron chi connectivity index (χ3n) is 6.54. The lowest BCUT2D eigenvalue weighted by Gasteiger charge is -2.31. The zero-order chi connectivity index (χ0) is 24.4. The molecule has 0 saturated carbocycles. The van der Waals surface area contributed by atoms with Crippen molar-refractivity contribution in [2.45, 2.75) is 71.1 Å². The standard InChI is InChI=1S/C28H40NO4P/c1-4-7-20-32-34(31,33-21-8-5-2)22-13-18-28(27(30)29-19-6-3)25-16-11-9-14-23(25)24-15-10-12-17-26(24)28/h9-12,14-17H,4-8,13,18-22H2,1-3H3,(H,29,30). The van der Waals surface area contributed by atoms with Crippen molar-refractivity contribution in [3.8, 4) is 11.1 Å². The van der Waals surface area contributed by atoms with Crippen molar-refractivity contribution in [1.29, 1.82) is 0 Å². The Morgan fingerprint density at radius 3 is 1.85 bits per heavy atom. The molecule has 0 aromatic heterocycles. The van der Waals surface area contributed by atoms with Gasteiger partial charge < -0.3 is 14.4 Å². The van der Waals surface area contributed by atoms with Crippen LogP contribution in [0.3, 0.4) is 0 Å². The monoisotopic (exact) mass is 485 g/mol. The third-order valence-corrected chi connectivity index (χ3v) is 8.56. The van der Waals surface area contributed by atoms with Gasteiger partial charge in [0.25, 0.3) is 0 Å². The Balaban J connectivity index is 1.89. The summed E-state index contributed by atoms with van der Waals surface area (Å²) in [6.07, 6.45) is 5.96. The molecule has 0 spiro atoms. The quantitative estimate of drug-likeness (QED) is 0.216. The first-order chi connectivity index (χ1) is 16.5. The lowest BCUT2D eigenvalue weighted by Crippen LogP contribution is -2.44. The van der Waals surface area contributed by atoms with Gasteiger partial charge in [-0.1, -0.05) is 82.1 Å². The number of hydrogen-bond donors (Lipinski definition) is 1. The van der Waals surface area contributed by atoms with Crippen molar-refractivity contribution in [2.24, 2.45) is 0 Å². The van der Waals surface area contributed by atoms with Crippen molar-refractivity contribution >= 4 is 13.5 Å². The van der Waals surface area contributed by atoms with Gasteiger partial charge >= 0.3 is 7.60 Å². The lowest BCUT2D eigenvalue weighted by molar-refractivity contribution is -0.125. The molecule has 34 heavy (non-hydrogen) atoms. The summed E-state index contributed by atoms with van der Waals surface area (Å²) in [5.74, 6) is 0.0142.